The number of fused-ring (bicyclic) bond motifs is 3. The minimum atomic E-state index is -2.96. The standard InChI is InChI=1S/C23H22BrF3N2O2/c1-13-8-17-15-4-2-3-5-18(15)28-20(17)21(29(13)10-23(27)11-30-12-23)16-7-6-14(24)9-19(16)31-22(25)26/h2-7,9,13,21-22,28H,8,10-12H2,1H3/t13-,21-/m1/s1. The Balaban J connectivity index is 1.69. The molecule has 1 N–H and O–H groups in total. The maximum Gasteiger partial charge on any atom is 0.387 e. The lowest BCUT2D eigenvalue weighted by Gasteiger charge is -2.46. The number of alkyl halides is 3. The molecule has 3 aromatic rings. The van der Waals surface area contributed by atoms with Gasteiger partial charge in [0.15, 0.2) is 5.67 Å². The van der Waals surface area contributed by atoms with Gasteiger partial charge < -0.3 is 14.5 Å². The van der Waals surface area contributed by atoms with Crippen LogP contribution in [0.5, 0.6) is 5.75 Å². The molecule has 5 rings (SSSR count). The average Bonchev–Trinajstić information content (AvgIpc) is 3.06. The fourth-order valence-corrected chi connectivity index (χ4v) is 5.10. The van der Waals surface area contributed by atoms with Gasteiger partial charge in [-0.05, 0) is 37.1 Å². The monoisotopic (exact) mass is 494 g/mol. The minimum Gasteiger partial charge on any atom is -0.434 e. The highest BCUT2D eigenvalue weighted by atomic mass is 79.9. The summed E-state index contributed by atoms with van der Waals surface area (Å²) < 4.78 is 52.3. The number of hydrogen-bond acceptors (Lipinski definition) is 3. The third-order valence-corrected chi connectivity index (χ3v) is 6.68. The lowest BCUT2D eigenvalue weighted by Crippen LogP contribution is -2.57. The highest BCUT2D eigenvalue weighted by Gasteiger charge is 2.46. The van der Waals surface area contributed by atoms with Crippen LogP contribution in [0, 0.1) is 0 Å². The molecular weight excluding hydrogens is 473 g/mol. The third-order valence-electron chi connectivity index (χ3n) is 6.19. The topological polar surface area (TPSA) is 37.5 Å². The van der Waals surface area contributed by atoms with Gasteiger partial charge in [0.2, 0.25) is 0 Å². The van der Waals surface area contributed by atoms with Crippen molar-refractivity contribution in [3.8, 4) is 5.75 Å². The van der Waals surface area contributed by atoms with Gasteiger partial charge in [0.1, 0.15) is 5.75 Å². The zero-order chi connectivity index (χ0) is 21.8. The Labute approximate surface area is 186 Å². The molecule has 2 aromatic carbocycles. The van der Waals surface area contributed by atoms with Crippen LogP contribution in [0.25, 0.3) is 10.9 Å². The first kappa shape index (κ1) is 20.8. The summed E-state index contributed by atoms with van der Waals surface area (Å²) in [7, 11) is 0. The zero-order valence-corrected chi connectivity index (χ0v) is 18.5. The van der Waals surface area contributed by atoms with Crippen molar-refractivity contribution in [2.24, 2.45) is 0 Å². The Morgan fingerprint density at radius 3 is 2.74 bits per heavy atom. The number of hydrogen-bond donors (Lipinski definition) is 1. The molecule has 3 heterocycles. The number of aromatic nitrogens is 1. The van der Waals surface area contributed by atoms with Crippen molar-refractivity contribution < 1.29 is 22.6 Å². The van der Waals surface area contributed by atoms with E-state index in [2.05, 4.69) is 27.0 Å². The zero-order valence-electron chi connectivity index (χ0n) is 16.9. The van der Waals surface area contributed by atoms with E-state index >= 15 is 4.39 Å². The van der Waals surface area contributed by atoms with E-state index in [-0.39, 0.29) is 31.5 Å². The first-order chi connectivity index (χ1) is 14.8. The van der Waals surface area contributed by atoms with Gasteiger partial charge in [-0.1, -0.05) is 40.2 Å². The Morgan fingerprint density at radius 2 is 2.03 bits per heavy atom. The van der Waals surface area contributed by atoms with Crippen molar-refractivity contribution in [2.75, 3.05) is 19.8 Å². The molecule has 1 aromatic heterocycles. The number of aromatic amines is 1. The molecule has 1 fully saturated rings. The summed E-state index contributed by atoms with van der Waals surface area (Å²) in [5, 5.41) is 1.10. The molecule has 0 radical (unpaired) electrons. The van der Waals surface area contributed by atoms with Crippen molar-refractivity contribution in [2.45, 2.75) is 37.7 Å². The molecular formula is C23H22BrF3N2O2. The third kappa shape index (κ3) is 3.75. The van der Waals surface area contributed by atoms with Crippen molar-refractivity contribution in [3.05, 3.63) is 63.8 Å². The maximum atomic E-state index is 15.2. The van der Waals surface area contributed by atoms with Gasteiger partial charge in [0.05, 0.1) is 19.3 Å². The lowest BCUT2D eigenvalue weighted by molar-refractivity contribution is -0.148. The summed E-state index contributed by atoms with van der Waals surface area (Å²) >= 11 is 3.34. The predicted octanol–water partition coefficient (Wildman–Crippen LogP) is 5.61. The van der Waals surface area contributed by atoms with Crippen LogP contribution in [0.4, 0.5) is 13.2 Å². The number of rotatable bonds is 5. The molecule has 2 aliphatic rings. The largest absolute Gasteiger partial charge is 0.434 e. The maximum absolute atomic E-state index is 15.2. The van der Waals surface area contributed by atoms with E-state index in [1.165, 1.54) is 0 Å². The molecule has 2 aliphatic heterocycles. The van der Waals surface area contributed by atoms with Crippen LogP contribution in [-0.4, -0.2) is 48.0 Å². The number of nitrogens with one attached hydrogen (secondary N) is 1. The molecule has 31 heavy (non-hydrogen) atoms. The molecule has 0 spiro atoms. The van der Waals surface area contributed by atoms with Crippen LogP contribution in [0.3, 0.4) is 0 Å². The number of para-hydroxylation sites is 1. The molecule has 0 bridgehead atoms. The first-order valence-electron chi connectivity index (χ1n) is 10.2. The van der Waals surface area contributed by atoms with Gasteiger partial charge in [-0.3, -0.25) is 4.90 Å². The molecule has 164 valence electrons. The number of benzene rings is 2. The van der Waals surface area contributed by atoms with E-state index in [4.69, 9.17) is 9.47 Å². The van der Waals surface area contributed by atoms with Gasteiger partial charge in [-0.25, -0.2) is 4.39 Å². The SMILES string of the molecule is C[C@@H]1Cc2c([nH]c3ccccc23)[C@@H](c2ccc(Br)cc2OC(F)F)N1CC1(F)COC1. The van der Waals surface area contributed by atoms with E-state index in [1.807, 2.05) is 30.0 Å². The lowest BCUT2D eigenvalue weighted by atomic mass is 9.86. The fraction of sp³-hybridized carbons (Fsp3) is 0.391. The highest BCUT2D eigenvalue weighted by Crippen LogP contribution is 2.45. The van der Waals surface area contributed by atoms with Crippen LogP contribution in [0.15, 0.2) is 46.9 Å². The summed E-state index contributed by atoms with van der Waals surface area (Å²) in [6.45, 7) is -0.672. The Bertz CT molecular complexity index is 1120. The molecule has 0 amide bonds. The number of ether oxygens (including phenoxy) is 2. The normalized spacial score (nSPS) is 23.0. The van der Waals surface area contributed by atoms with E-state index in [9.17, 15) is 8.78 Å². The smallest absolute Gasteiger partial charge is 0.387 e. The minimum absolute atomic E-state index is 0.00650. The van der Waals surface area contributed by atoms with Gasteiger partial charge >= 0.3 is 6.61 Å². The van der Waals surface area contributed by atoms with E-state index in [0.29, 0.717) is 10.0 Å². The van der Waals surface area contributed by atoms with Crippen LogP contribution in [0.2, 0.25) is 0 Å². The van der Waals surface area contributed by atoms with Crippen molar-refractivity contribution in [3.63, 3.8) is 0 Å². The highest BCUT2D eigenvalue weighted by molar-refractivity contribution is 9.10. The van der Waals surface area contributed by atoms with Crippen LogP contribution < -0.4 is 4.74 Å². The summed E-state index contributed by atoms with van der Waals surface area (Å²) in [5.74, 6) is 0.0795. The van der Waals surface area contributed by atoms with Crippen molar-refractivity contribution >= 4 is 26.8 Å². The second-order valence-corrected chi connectivity index (χ2v) is 9.31. The fourth-order valence-electron chi connectivity index (χ4n) is 4.76. The van der Waals surface area contributed by atoms with Gasteiger partial charge in [0.25, 0.3) is 0 Å². The molecule has 4 nitrogen and oxygen atoms in total. The van der Waals surface area contributed by atoms with Gasteiger partial charge in [0, 0.05) is 39.2 Å². The van der Waals surface area contributed by atoms with E-state index in [0.717, 1.165) is 28.6 Å². The van der Waals surface area contributed by atoms with E-state index in [1.54, 1.807) is 18.2 Å². The van der Waals surface area contributed by atoms with E-state index < -0.39 is 18.3 Å². The molecule has 1 saturated heterocycles. The van der Waals surface area contributed by atoms with Gasteiger partial charge in [-0.2, -0.15) is 8.78 Å². The Kier molecular flexibility index (Phi) is 5.27. The Hall–Kier alpha value is -2.03. The second kappa shape index (κ2) is 7.83. The molecule has 8 heteroatoms. The van der Waals surface area contributed by atoms with Crippen LogP contribution >= 0.6 is 15.9 Å². The first-order valence-corrected chi connectivity index (χ1v) is 11.0. The second-order valence-electron chi connectivity index (χ2n) is 8.40. The molecule has 2 atom stereocenters. The molecule has 0 unspecified atom stereocenters. The number of nitrogens with zero attached hydrogens (tertiary/aromatic N) is 1. The van der Waals surface area contributed by atoms with Crippen LogP contribution in [-0.2, 0) is 11.2 Å². The van der Waals surface area contributed by atoms with Gasteiger partial charge in [-0.15, -0.1) is 0 Å². The van der Waals surface area contributed by atoms with Crippen molar-refractivity contribution in [1.82, 2.24) is 9.88 Å². The van der Waals surface area contributed by atoms with Crippen LogP contribution in [0.1, 0.15) is 29.8 Å². The summed E-state index contributed by atoms with van der Waals surface area (Å²) in [5.41, 5.74) is 2.13. The summed E-state index contributed by atoms with van der Waals surface area (Å²) in [6, 6.07) is 12.6. The number of halogens is 4. The summed E-state index contributed by atoms with van der Waals surface area (Å²) in [6.07, 6.45) is 0.731. The quantitative estimate of drug-likeness (QED) is 0.501. The number of H-pyrrole nitrogens is 1. The molecule has 0 aliphatic carbocycles. The van der Waals surface area contributed by atoms with Crippen molar-refractivity contribution in [1.29, 1.82) is 0 Å². The molecule has 0 saturated carbocycles. The average molecular weight is 495 g/mol. The summed E-state index contributed by atoms with van der Waals surface area (Å²) in [4.78, 5) is 5.53. The predicted molar refractivity (Wildman–Crippen MR) is 115 cm³/mol. The Morgan fingerprint density at radius 1 is 1.26 bits per heavy atom.